The van der Waals surface area contributed by atoms with Crippen LogP contribution in [0.5, 0.6) is 0 Å². The first kappa shape index (κ1) is 26.0. The van der Waals surface area contributed by atoms with E-state index in [4.69, 9.17) is 18.1 Å². The van der Waals surface area contributed by atoms with E-state index in [1.165, 1.54) is 0 Å². The first-order valence-corrected chi connectivity index (χ1v) is 13.0. The fraction of sp³-hybridized carbons (Fsp3) is 0.889. The molecule has 0 saturated carbocycles. The molecule has 0 fully saturated rings. The Morgan fingerprint density at radius 2 is 1.04 bits per heavy atom. The minimum absolute atomic E-state index is 0.156. The maximum atomic E-state index is 13.3. The maximum Gasteiger partial charge on any atom is 0.368 e. The van der Waals surface area contributed by atoms with Gasteiger partial charge in [-0.05, 0) is 26.7 Å². The lowest BCUT2D eigenvalue weighted by atomic mass is 10.2. The van der Waals surface area contributed by atoms with Crippen LogP contribution < -0.4 is 0 Å². The fourth-order valence-electron chi connectivity index (χ4n) is 2.29. The first-order valence-electron chi connectivity index (χ1n) is 9.88. The van der Waals surface area contributed by atoms with E-state index >= 15 is 0 Å². The van der Waals surface area contributed by atoms with Gasteiger partial charge < -0.3 is 18.1 Å². The van der Waals surface area contributed by atoms with Gasteiger partial charge in [0.25, 0.3) is 0 Å². The Morgan fingerprint density at radius 1 is 0.654 bits per heavy atom. The number of hydrogen-bond acceptors (Lipinski definition) is 6. The van der Waals surface area contributed by atoms with Crippen molar-refractivity contribution < 1.29 is 27.2 Å². The van der Waals surface area contributed by atoms with Gasteiger partial charge in [-0.3, -0.25) is 9.13 Å². The molecule has 0 saturated heterocycles. The molecule has 8 heteroatoms. The fourth-order valence-corrected chi connectivity index (χ4v) is 6.35. The largest absolute Gasteiger partial charge is 0.368 e. The van der Waals surface area contributed by atoms with Gasteiger partial charge >= 0.3 is 15.2 Å². The van der Waals surface area contributed by atoms with Crippen molar-refractivity contribution in [2.45, 2.75) is 79.1 Å². The molecule has 0 N–H and O–H groups in total. The summed E-state index contributed by atoms with van der Waals surface area (Å²) < 4.78 is 48.0. The molecule has 0 bridgehead atoms. The van der Waals surface area contributed by atoms with Crippen molar-refractivity contribution in [3.63, 3.8) is 0 Å². The molecule has 0 amide bonds. The van der Waals surface area contributed by atoms with Crippen LogP contribution in [0.15, 0.2) is 11.6 Å². The summed E-state index contributed by atoms with van der Waals surface area (Å²) >= 11 is 0. The van der Waals surface area contributed by atoms with Crippen LogP contribution in [0.4, 0.5) is 0 Å². The van der Waals surface area contributed by atoms with Gasteiger partial charge in [0.05, 0.1) is 26.4 Å². The summed E-state index contributed by atoms with van der Waals surface area (Å²) in [6.45, 7) is 12.2. The summed E-state index contributed by atoms with van der Waals surface area (Å²) in [5.41, 5.74) is 0. The minimum atomic E-state index is -3.80. The van der Waals surface area contributed by atoms with E-state index in [1.54, 1.807) is 13.8 Å². The Kier molecular flexibility index (Phi) is 15.0. The molecule has 6 nitrogen and oxygen atoms in total. The van der Waals surface area contributed by atoms with Crippen LogP contribution in [0.1, 0.15) is 79.1 Å². The van der Waals surface area contributed by atoms with E-state index in [0.717, 1.165) is 51.4 Å². The topological polar surface area (TPSA) is 71.1 Å². The molecule has 0 aromatic heterocycles. The zero-order chi connectivity index (χ0) is 19.9. The maximum absolute atomic E-state index is 13.3. The summed E-state index contributed by atoms with van der Waals surface area (Å²) in [5, 5.41) is -0.195. The van der Waals surface area contributed by atoms with Crippen molar-refractivity contribution in [2.24, 2.45) is 0 Å². The average Bonchev–Trinajstić information content (AvgIpc) is 2.61. The van der Waals surface area contributed by atoms with Crippen molar-refractivity contribution in [2.75, 3.05) is 26.4 Å². The molecule has 0 radical (unpaired) electrons. The average molecular weight is 412 g/mol. The zero-order valence-electron chi connectivity index (χ0n) is 17.0. The lowest BCUT2D eigenvalue weighted by molar-refractivity contribution is 0.199. The van der Waals surface area contributed by atoms with Crippen LogP contribution in [0, 0.1) is 0 Å². The summed E-state index contributed by atoms with van der Waals surface area (Å²) in [5.74, 6) is 0. The SMILES string of the molecule is C=C(P(=O)(OCC)OCC)P(=O)(OCCCCCC)OCCCCCC. The smallest absolute Gasteiger partial charge is 0.305 e. The van der Waals surface area contributed by atoms with Crippen LogP contribution in [0.3, 0.4) is 0 Å². The lowest BCUT2D eigenvalue weighted by Crippen LogP contribution is -2.05. The van der Waals surface area contributed by atoms with Crippen molar-refractivity contribution >= 4 is 15.2 Å². The second-order valence-corrected chi connectivity index (χ2v) is 10.5. The Balaban J connectivity index is 5.04. The Bertz CT molecular complexity index is 439. The van der Waals surface area contributed by atoms with Crippen molar-refractivity contribution in [1.29, 1.82) is 0 Å². The van der Waals surface area contributed by atoms with E-state index in [9.17, 15) is 9.13 Å². The Hall–Kier alpha value is 0.0400. The van der Waals surface area contributed by atoms with Crippen molar-refractivity contribution in [3.8, 4) is 0 Å². The highest BCUT2D eigenvalue weighted by atomic mass is 31.2. The van der Waals surface area contributed by atoms with E-state index < -0.39 is 15.2 Å². The van der Waals surface area contributed by atoms with Gasteiger partial charge in [0.1, 0.15) is 5.06 Å². The van der Waals surface area contributed by atoms with E-state index in [2.05, 4.69) is 20.4 Å². The molecule has 0 spiro atoms. The molecular formula is C18H38O6P2. The van der Waals surface area contributed by atoms with Gasteiger partial charge in [-0.1, -0.05) is 59.0 Å². The normalized spacial score (nSPS) is 12.5. The van der Waals surface area contributed by atoms with Gasteiger partial charge in [0.2, 0.25) is 0 Å². The van der Waals surface area contributed by atoms with Crippen molar-refractivity contribution in [1.82, 2.24) is 0 Å². The first-order chi connectivity index (χ1) is 12.4. The van der Waals surface area contributed by atoms with Crippen LogP contribution >= 0.6 is 15.2 Å². The molecule has 0 unspecified atom stereocenters. The molecule has 0 aliphatic rings. The third kappa shape index (κ3) is 9.82. The van der Waals surface area contributed by atoms with E-state index in [1.807, 2.05) is 0 Å². The summed E-state index contributed by atoms with van der Waals surface area (Å²) in [6, 6.07) is 0. The van der Waals surface area contributed by atoms with Gasteiger partial charge in [-0.15, -0.1) is 0 Å². The zero-order valence-corrected chi connectivity index (χ0v) is 18.8. The molecule has 0 aromatic rings. The molecule has 0 aliphatic heterocycles. The summed E-state index contributed by atoms with van der Waals surface area (Å²) in [7, 11) is -7.56. The number of rotatable bonds is 18. The highest BCUT2D eigenvalue weighted by molar-refractivity contribution is 7.78. The molecule has 156 valence electrons. The van der Waals surface area contributed by atoms with Crippen LogP contribution in [0.25, 0.3) is 0 Å². The van der Waals surface area contributed by atoms with Gasteiger partial charge in [0, 0.05) is 0 Å². The highest BCUT2D eigenvalue weighted by Crippen LogP contribution is 2.73. The molecule has 0 atom stereocenters. The second kappa shape index (κ2) is 15.0. The highest BCUT2D eigenvalue weighted by Gasteiger charge is 2.43. The summed E-state index contributed by atoms with van der Waals surface area (Å²) in [4.78, 5) is 0. The molecule has 0 aliphatic carbocycles. The van der Waals surface area contributed by atoms with Gasteiger partial charge in [-0.2, -0.15) is 0 Å². The molecule has 0 rings (SSSR count). The monoisotopic (exact) mass is 412 g/mol. The van der Waals surface area contributed by atoms with E-state index in [-0.39, 0.29) is 31.5 Å². The quantitative estimate of drug-likeness (QED) is 0.176. The predicted molar refractivity (Wildman–Crippen MR) is 108 cm³/mol. The lowest BCUT2D eigenvalue weighted by Gasteiger charge is -2.25. The van der Waals surface area contributed by atoms with Gasteiger partial charge in [-0.25, -0.2) is 0 Å². The van der Waals surface area contributed by atoms with Gasteiger partial charge in [0.15, 0.2) is 0 Å². The Morgan fingerprint density at radius 3 is 1.38 bits per heavy atom. The second-order valence-electron chi connectivity index (χ2n) is 6.03. The third-order valence-electron chi connectivity index (χ3n) is 3.75. The van der Waals surface area contributed by atoms with Crippen molar-refractivity contribution in [3.05, 3.63) is 11.6 Å². The minimum Gasteiger partial charge on any atom is -0.305 e. The molecule has 0 heterocycles. The Labute approximate surface area is 160 Å². The molecule has 26 heavy (non-hydrogen) atoms. The molecular weight excluding hydrogens is 374 g/mol. The third-order valence-corrected chi connectivity index (χ3v) is 8.72. The summed E-state index contributed by atoms with van der Waals surface area (Å²) in [6.07, 6.45) is 7.86. The van der Waals surface area contributed by atoms with Crippen LogP contribution in [-0.2, 0) is 27.2 Å². The molecule has 0 aromatic carbocycles. The predicted octanol–water partition coefficient (Wildman–Crippen LogP) is 7.11. The van der Waals surface area contributed by atoms with Crippen LogP contribution in [-0.4, -0.2) is 26.4 Å². The van der Waals surface area contributed by atoms with E-state index in [0.29, 0.717) is 0 Å². The van der Waals surface area contributed by atoms with Crippen LogP contribution in [0.2, 0.25) is 0 Å². The standard InChI is InChI=1S/C18H38O6P2/c1-6-10-12-14-16-23-26(20,24-17-15-13-11-7-2)18(5)25(19,21-8-3)22-9-4/h5-17H2,1-4H3. The number of unbranched alkanes of at least 4 members (excludes halogenated alkanes) is 6. The number of hydrogen-bond donors (Lipinski definition) is 0.